The number of nitrogen functional groups attached to an aromatic ring is 1. The predicted molar refractivity (Wildman–Crippen MR) is 77.9 cm³/mol. The summed E-state index contributed by atoms with van der Waals surface area (Å²) in [5.41, 5.74) is 6.09. The number of carbonyl (C=O) groups excluding carboxylic acids is 2. The lowest BCUT2D eigenvalue weighted by atomic mass is 10.2. The van der Waals surface area contributed by atoms with Crippen molar-refractivity contribution in [3.05, 3.63) is 35.1 Å². The maximum atomic E-state index is 11.9. The van der Waals surface area contributed by atoms with Crippen LogP contribution in [0, 0.1) is 0 Å². The van der Waals surface area contributed by atoms with Crippen molar-refractivity contribution in [3.8, 4) is 0 Å². The third kappa shape index (κ3) is 3.69. The Balaban J connectivity index is 2.08. The molecule has 0 spiro atoms. The molecule has 0 aliphatic heterocycles. The Kier molecular flexibility index (Phi) is 4.39. The molecular formula is C12H13ClN6O2. The zero-order chi connectivity index (χ0) is 15.4. The van der Waals surface area contributed by atoms with E-state index in [0.717, 1.165) is 0 Å². The predicted octanol–water partition coefficient (Wildman–Crippen LogP) is 0.512. The number of aromatic nitrogens is 3. The molecule has 8 nitrogen and oxygen atoms in total. The van der Waals surface area contributed by atoms with Crippen LogP contribution in [-0.4, -0.2) is 33.6 Å². The van der Waals surface area contributed by atoms with Crippen LogP contribution in [0.15, 0.2) is 24.5 Å². The van der Waals surface area contributed by atoms with Crippen molar-refractivity contribution < 1.29 is 9.59 Å². The molecule has 4 N–H and O–H groups in total. The Morgan fingerprint density at radius 3 is 2.81 bits per heavy atom. The SMILES string of the molecule is CNC(=O)c1cc(NC(=O)Cn2cnc(N)n2)ccc1Cl. The summed E-state index contributed by atoms with van der Waals surface area (Å²) >= 11 is 5.93. The zero-order valence-electron chi connectivity index (χ0n) is 11.1. The molecule has 9 heteroatoms. The standard InChI is InChI=1S/C12H13ClN6O2/c1-15-11(21)8-4-7(2-3-9(8)13)17-10(20)5-19-6-16-12(14)18-19/h2-4,6H,5H2,1H3,(H2,14,18)(H,15,21)(H,17,20). The molecule has 0 saturated heterocycles. The number of nitrogens with two attached hydrogens (primary N) is 1. The Morgan fingerprint density at radius 2 is 2.19 bits per heavy atom. The average Bonchev–Trinajstić information content (AvgIpc) is 2.85. The third-order valence-electron chi connectivity index (χ3n) is 2.58. The number of nitrogens with zero attached hydrogens (tertiary/aromatic N) is 3. The van der Waals surface area contributed by atoms with E-state index in [1.54, 1.807) is 6.07 Å². The summed E-state index contributed by atoms with van der Waals surface area (Å²) in [5, 5.41) is 9.22. The number of carbonyl (C=O) groups is 2. The first-order valence-corrected chi connectivity index (χ1v) is 6.34. The Labute approximate surface area is 125 Å². The van der Waals surface area contributed by atoms with Crippen LogP contribution >= 0.6 is 11.6 Å². The van der Waals surface area contributed by atoms with E-state index in [1.165, 1.54) is 30.2 Å². The van der Waals surface area contributed by atoms with Crippen LogP contribution in [0.4, 0.5) is 11.6 Å². The highest BCUT2D eigenvalue weighted by Crippen LogP contribution is 2.20. The van der Waals surface area contributed by atoms with Crippen molar-refractivity contribution in [3.63, 3.8) is 0 Å². The summed E-state index contributed by atoms with van der Waals surface area (Å²) in [5.74, 6) is -0.568. The monoisotopic (exact) mass is 308 g/mol. The second kappa shape index (κ2) is 6.23. The molecule has 0 aliphatic carbocycles. The lowest BCUT2D eigenvalue weighted by molar-refractivity contribution is -0.116. The average molecular weight is 309 g/mol. The first kappa shape index (κ1) is 14.8. The lowest BCUT2D eigenvalue weighted by Gasteiger charge is -2.08. The zero-order valence-corrected chi connectivity index (χ0v) is 11.9. The van der Waals surface area contributed by atoms with E-state index < -0.39 is 0 Å². The van der Waals surface area contributed by atoms with Gasteiger partial charge >= 0.3 is 0 Å². The summed E-state index contributed by atoms with van der Waals surface area (Å²) in [6.45, 7) is -0.0395. The van der Waals surface area contributed by atoms with Crippen LogP contribution in [0.5, 0.6) is 0 Å². The number of nitrogens with one attached hydrogen (secondary N) is 2. The largest absolute Gasteiger partial charge is 0.367 e. The Bertz CT molecular complexity index is 684. The van der Waals surface area contributed by atoms with Crippen LogP contribution in [-0.2, 0) is 11.3 Å². The molecule has 0 fully saturated rings. The molecular weight excluding hydrogens is 296 g/mol. The molecule has 21 heavy (non-hydrogen) atoms. The maximum absolute atomic E-state index is 11.9. The first-order valence-electron chi connectivity index (χ1n) is 5.96. The summed E-state index contributed by atoms with van der Waals surface area (Å²) < 4.78 is 1.31. The van der Waals surface area contributed by atoms with Gasteiger partial charge in [-0.25, -0.2) is 9.67 Å². The summed E-state index contributed by atoms with van der Waals surface area (Å²) in [4.78, 5) is 27.2. The second-order valence-corrected chi connectivity index (χ2v) is 4.53. The minimum absolute atomic E-state index is 0.0395. The number of anilines is 2. The highest BCUT2D eigenvalue weighted by Gasteiger charge is 2.11. The number of amides is 2. The summed E-state index contributed by atoms with van der Waals surface area (Å²) in [7, 11) is 1.50. The van der Waals surface area contributed by atoms with Gasteiger partial charge < -0.3 is 16.4 Å². The van der Waals surface area contributed by atoms with Gasteiger partial charge in [-0.1, -0.05) is 11.6 Å². The van der Waals surface area contributed by atoms with Crippen molar-refractivity contribution in [1.29, 1.82) is 0 Å². The van der Waals surface area contributed by atoms with Crippen LogP contribution < -0.4 is 16.4 Å². The van der Waals surface area contributed by atoms with Crippen molar-refractivity contribution >= 4 is 35.1 Å². The van der Waals surface area contributed by atoms with Crippen LogP contribution in [0.2, 0.25) is 5.02 Å². The molecule has 1 heterocycles. The number of rotatable bonds is 4. The van der Waals surface area contributed by atoms with Gasteiger partial charge in [0.25, 0.3) is 5.91 Å². The van der Waals surface area contributed by atoms with Crippen molar-refractivity contribution in [2.75, 3.05) is 18.1 Å². The molecule has 0 unspecified atom stereocenters. The topological polar surface area (TPSA) is 115 Å². The van der Waals surface area contributed by atoms with Gasteiger partial charge in [0.05, 0.1) is 10.6 Å². The fraction of sp³-hybridized carbons (Fsp3) is 0.167. The summed E-state index contributed by atoms with van der Waals surface area (Å²) in [6.07, 6.45) is 1.35. The normalized spacial score (nSPS) is 10.2. The van der Waals surface area contributed by atoms with Crippen LogP contribution in [0.1, 0.15) is 10.4 Å². The van der Waals surface area contributed by atoms with E-state index in [-0.39, 0.29) is 29.9 Å². The van der Waals surface area contributed by atoms with Gasteiger partial charge in [-0.05, 0) is 18.2 Å². The van der Waals surface area contributed by atoms with Crippen LogP contribution in [0.3, 0.4) is 0 Å². The van der Waals surface area contributed by atoms with Gasteiger partial charge in [0, 0.05) is 12.7 Å². The molecule has 1 aromatic carbocycles. The molecule has 110 valence electrons. The van der Waals surface area contributed by atoms with Crippen LogP contribution in [0.25, 0.3) is 0 Å². The van der Waals surface area contributed by atoms with Gasteiger partial charge in [0.2, 0.25) is 11.9 Å². The van der Waals surface area contributed by atoms with E-state index in [4.69, 9.17) is 17.3 Å². The smallest absolute Gasteiger partial charge is 0.252 e. The van der Waals surface area contributed by atoms with Crippen molar-refractivity contribution in [1.82, 2.24) is 20.1 Å². The fourth-order valence-corrected chi connectivity index (χ4v) is 1.85. The highest BCUT2D eigenvalue weighted by molar-refractivity contribution is 6.34. The third-order valence-corrected chi connectivity index (χ3v) is 2.91. The number of hydrogen-bond donors (Lipinski definition) is 3. The molecule has 0 aliphatic rings. The molecule has 1 aromatic heterocycles. The van der Waals surface area contributed by atoms with Gasteiger partial charge in [0.15, 0.2) is 0 Å². The minimum atomic E-state index is -0.333. The van der Waals surface area contributed by atoms with E-state index >= 15 is 0 Å². The van der Waals surface area contributed by atoms with E-state index in [0.29, 0.717) is 10.7 Å². The molecule has 2 rings (SSSR count). The number of hydrogen-bond acceptors (Lipinski definition) is 5. The molecule has 0 atom stereocenters. The highest BCUT2D eigenvalue weighted by atomic mass is 35.5. The van der Waals surface area contributed by atoms with Gasteiger partial charge in [-0.2, -0.15) is 0 Å². The van der Waals surface area contributed by atoms with E-state index in [9.17, 15) is 9.59 Å². The molecule has 2 amide bonds. The Hall–Kier alpha value is -2.61. The maximum Gasteiger partial charge on any atom is 0.252 e. The minimum Gasteiger partial charge on any atom is -0.367 e. The number of benzene rings is 1. The fourth-order valence-electron chi connectivity index (χ4n) is 1.64. The molecule has 0 radical (unpaired) electrons. The first-order chi connectivity index (χ1) is 9.99. The van der Waals surface area contributed by atoms with Crippen molar-refractivity contribution in [2.24, 2.45) is 0 Å². The second-order valence-electron chi connectivity index (χ2n) is 4.12. The van der Waals surface area contributed by atoms with E-state index in [2.05, 4.69) is 20.7 Å². The number of halogens is 1. The molecule has 2 aromatic rings. The lowest BCUT2D eigenvalue weighted by Crippen LogP contribution is -2.21. The van der Waals surface area contributed by atoms with Gasteiger partial charge in [0.1, 0.15) is 12.9 Å². The molecule has 0 saturated carbocycles. The van der Waals surface area contributed by atoms with Gasteiger partial charge in [-0.15, -0.1) is 5.10 Å². The Morgan fingerprint density at radius 1 is 1.43 bits per heavy atom. The van der Waals surface area contributed by atoms with Crippen molar-refractivity contribution in [2.45, 2.75) is 6.54 Å². The molecule has 0 bridgehead atoms. The quantitative estimate of drug-likeness (QED) is 0.761. The summed E-state index contributed by atoms with van der Waals surface area (Å²) in [6, 6.07) is 4.63. The van der Waals surface area contributed by atoms with E-state index in [1.807, 2.05) is 0 Å². The van der Waals surface area contributed by atoms with Gasteiger partial charge in [-0.3, -0.25) is 9.59 Å².